The fraction of sp³-hybridized carbons (Fsp3) is 0.800. The van der Waals surface area contributed by atoms with Crippen molar-refractivity contribution in [2.45, 2.75) is 13.3 Å². The number of carbonyl (C=O) groups is 2. The van der Waals surface area contributed by atoms with E-state index in [4.69, 9.17) is 4.74 Å². The number of carbonyl (C=O) groups excluding carboxylic acids is 2. The minimum Gasteiger partial charge on any atom is -0.379 e. The Morgan fingerprint density at radius 2 is 2.00 bits per heavy atom. The van der Waals surface area contributed by atoms with E-state index in [-0.39, 0.29) is 18.1 Å². The van der Waals surface area contributed by atoms with Gasteiger partial charge in [-0.2, -0.15) is 0 Å². The molecule has 0 aromatic carbocycles. The normalized spacial score (nSPS) is 17.4. The summed E-state index contributed by atoms with van der Waals surface area (Å²) in [6.45, 7) is 6.22. The molecule has 1 saturated heterocycles. The number of hydrogen-bond acceptors (Lipinski definition) is 4. The van der Waals surface area contributed by atoms with Crippen molar-refractivity contribution in [3.63, 3.8) is 0 Å². The van der Waals surface area contributed by atoms with Gasteiger partial charge in [0.15, 0.2) is 0 Å². The number of ether oxygens (including phenoxy) is 1. The summed E-state index contributed by atoms with van der Waals surface area (Å²) in [5.41, 5.74) is 0. The summed E-state index contributed by atoms with van der Waals surface area (Å²) in [7, 11) is 0. The number of Topliss-reactive ketones (excluding diaryl/α,β-unsaturated/α-hetero) is 1. The lowest BCUT2D eigenvalue weighted by molar-refractivity contribution is -0.127. The maximum Gasteiger partial charge on any atom is 0.227 e. The third kappa shape index (κ3) is 5.49. The van der Waals surface area contributed by atoms with Crippen molar-refractivity contribution >= 4 is 11.7 Å². The predicted octanol–water partition coefficient (Wildman–Crippen LogP) is -0.586. The highest BCUT2D eigenvalue weighted by atomic mass is 16.5. The molecule has 0 bridgehead atoms. The van der Waals surface area contributed by atoms with Crippen LogP contribution < -0.4 is 5.32 Å². The van der Waals surface area contributed by atoms with Crippen LogP contribution in [-0.4, -0.2) is 56.0 Å². The van der Waals surface area contributed by atoms with Crippen LogP contribution in [0.15, 0.2) is 0 Å². The van der Waals surface area contributed by atoms with Gasteiger partial charge in [0, 0.05) is 26.2 Å². The Morgan fingerprint density at radius 1 is 1.33 bits per heavy atom. The SMILES string of the molecule is CC(=O)CC(=O)NCCN1CCOCC1. The van der Waals surface area contributed by atoms with Crippen molar-refractivity contribution in [1.29, 1.82) is 0 Å². The molecule has 86 valence electrons. The summed E-state index contributed by atoms with van der Waals surface area (Å²) in [5.74, 6) is -0.283. The highest BCUT2D eigenvalue weighted by Crippen LogP contribution is 1.94. The molecule has 0 aromatic heterocycles. The van der Waals surface area contributed by atoms with Crippen molar-refractivity contribution in [1.82, 2.24) is 10.2 Å². The van der Waals surface area contributed by atoms with Crippen molar-refractivity contribution in [2.24, 2.45) is 0 Å². The summed E-state index contributed by atoms with van der Waals surface area (Å²) in [5, 5.41) is 2.72. The average molecular weight is 214 g/mol. The van der Waals surface area contributed by atoms with E-state index in [2.05, 4.69) is 10.2 Å². The molecule has 0 saturated carbocycles. The van der Waals surface area contributed by atoms with Crippen LogP contribution in [0.5, 0.6) is 0 Å². The van der Waals surface area contributed by atoms with E-state index in [1.807, 2.05) is 0 Å². The number of nitrogens with one attached hydrogen (secondary N) is 1. The number of morpholine rings is 1. The zero-order valence-corrected chi connectivity index (χ0v) is 9.12. The second-order valence-corrected chi connectivity index (χ2v) is 3.68. The molecule has 1 fully saturated rings. The minimum atomic E-state index is -0.184. The molecule has 1 heterocycles. The summed E-state index contributed by atoms with van der Waals surface area (Å²) in [4.78, 5) is 24.0. The van der Waals surface area contributed by atoms with Gasteiger partial charge < -0.3 is 10.1 Å². The van der Waals surface area contributed by atoms with Crippen LogP contribution in [0, 0.1) is 0 Å². The van der Waals surface area contributed by atoms with Gasteiger partial charge in [0.05, 0.1) is 19.6 Å². The van der Waals surface area contributed by atoms with Gasteiger partial charge in [-0.25, -0.2) is 0 Å². The summed E-state index contributed by atoms with van der Waals surface area (Å²) >= 11 is 0. The Balaban J connectivity index is 2.04. The first kappa shape index (κ1) is 12.1. The van der Waals surface area contributed by atoms with Crippen LogP contribution in [-0.2, 0) is 14.3 Å². The number of ketones is 1. The van der Waals surface area contributed by atoms with Crippen LogP contribution in [0.1, 0.15) is 13.3 Å². The van der Waals surface area contributed by atoms with Crippen LogP contribution in [0.3, 0.4) is 0 Å². The topological polar surface area (TPSA) is 58.6 Å². The molecular weight excluding hydrogens is 196 g/mol. The number of amides is 1. The van der Waals surface area contributed by atoms with Gasteiger partial charge in [-0.15, -0.1) is 0 Å². The molecule has 1 rings (SSSR count). The Hall–Kier alpha value is -0.940. The van der Waals surface area contributed by atoms with Gasteiger partial charge in [0.25, 0.3) is 0 Å². The lowest BCUT2D eigenvalue weighted by atomic mass is 10.3. The Kier molecular flexibility index (Phi) is 5.28. The zero-order valence-electron chi connectivity index (χ0n) is 9.12. The first-order valence-electron chi connectivity index (χ1n) is 5.24. The fourth-order valence-corrected chi connectivity index (χ4v) is 1.47. The average Bonchev–Trinajstić information content (AvgIpc) is 2.18. The maximum absolute atomic E-state index is 11.1. The Bertz CT molecular complexity index is 225. The predicted molar refractivity (Wildman–Crippen MR) is 55.6 cm³/mol. The molecule has 1 aliphatic rings. The second kappa shape index (κ2) is 6.53. The monoisotopic (exact) mass is 214 g/mol. The third-order valence-corrected chi connectivity index (χ3v) is 2.26. The molecule has 1 aliphatic heterocycles. The second-order valence-electron chi connectivity index (χ2n) is 3.68. The molecule has 1 amide bonds. The van der Waals surface area contributed by atoms with Gasteiger partial charge >= 0.3 is 0 Å². The summed E-state index contributed by atoms with van der Waals surface area (Å²) in [6.07, 6.45) is -0.0108. The van der Waals surface area contributed by atoms with Crippen molar-refractivity contribution in [3.05, 3.63) is 0 Å². The number of nitrogens with zero attached hydrogens (tertiary/aromatic N) is 1. The molecule has 1 N–H and O–H groups in total. The van der Waals surface area contributed by atoms with Crippen LogP contribution in [0.4, 0.5) is 0 Å². The van der Waals surface area contributed by atoms with Gasteiger partial charge in [0.2, 0.25) is 5.91 Å². The largest absolute Gasteiger partial charge is 0.379 e. The van der Waals surface area contributed by atoms with Gasteiger partial charge in [-0.3, -0.25) is 14.5 Å². The molecule has 0 radical (unpaired) electrons. The molecular formula is C10H18N2O3. The lowest BCUT2D eigenvalue weighted by Gasteiger charge is -2.26. The van der Waals surface area contributed by atoms with Gasteiger partial charge in [-0.05, 0) is 6.92 Å². The standard InChI is InChI=1S/C10H18N2O3/c1-9(13)8-10(14)11-2-3-12-4-6-15-7-5-12/h2-8H2,1H3,(H,11,14). The van der Waals surface area contributed by atoms with E-state index in [1.165, 1.54) is 6.92 Å². The molecule has 5 nitrogen and oxygen atoms in total. The zero-order chi connectivity index (χ0) is 11.1. The smallest absolute Gasteiger partial charge is 0.227 e. The molecule has 0 atom stereocenters. The molecule has 0 aliphatic carbocycles. The van der Waals surface area contributed by atoms with Crippen LogP contribution in [0.2, 0.25) is 0 Å². The summed E-state index contributed by atoms with van der Waals surface area (Å²) < 4.78 is 5.21. The van der Waals surface area contributed by atoms with Crippen LogP contribution in [0.25, 0.3) is 0 Å². The number of rotatable bonds is 5. The Labute approximate surface area is 89.8 Å². The van der Waals surface area contributed by atoms with E-state index in [0.717, 1.165) is 32.8 Å². The fourth-order valence-electron chi connectivity index (χ4n) is 1.47. The quantitative estimate of drug-likeness (QED) is 0.622. The maximum atomic E-state index is 11.1. The molecule has 0 aromatic rings. The molecule has 0 spiro atoms. The van der Waals surface area contributed by atoms with E-state index in [0.29, 0.717) is 6.54 Å². The van der Waals surface area contributed by atoms with E-state index in [9.17, 15) is 9.59 Å². The van der Waals surface area contributed by atoms with Crippen molar-refractivity contribution < 1.29 is 14.3 Å². The number of hydrogen-bond donors (Lipinski definition) is 1. The molecule has 5 heteroatoms. The lowest BCUT2D eigenvalue weighted by Crippen LogP contribution is -2.41. The highest BCUT2D eigenvalue weighted by molar-refractivity contribution is 5.96. The van der Waals surface area contributed by atoms with Gasteiger partial charge in [0.1, 0.15) is 5.78 Å². The van der Waals surface area contributed by atoms with Crippen molar-refractivity contribution in [3.8, 4) is 0 Å². The third-order valence-electron chi connectivity index (χ3n) is 2.26. The van der Waals surface area contributed by atoms with Gasteiger partial charge in [-0.1, -0.05) is 0 Å². The first-order chi connectivity index (χ1) is 7.18. The van der Waals surface area contributed by atoms with E-state index >= 15 is 0 Å². The van der Waals surface area contributed by atoms with Crippen LogP contribution >= 0.6 is 0 Å². The molecule has 15 heavy (non-hydrogen) atoms. The minimum absolute atomic E-state index is 0.0108. The molecule has 0 unspecified atom stereocenters. The van der Waals surface area contributed by atoms with Crippen molar-refractivity contribution in [2.75, 3.05) is 39.4 Å². The van der Waals surface area contributed by atoms with E-state index < -0.39 is 0 Å². The van der Waals surface area contributed by atoms with E-state index in [1.54, 1.807) is 0 Å². The summed E-state index contributed by atoms with van der Waals surface area (Å²) in [6, 6.07) is 0. The highest BCUT2D eigenvalue weighted by Gasteiger charge is 2.10. The first-order valence-corrected chi connectivity index (χ1v) is 5.24. The Morgan fingerprint density at radius 3 is 2.60 bits per heavy atom.